The molecule has 26 heavy (non-hydrogen) atoms. The molecule has 0 fully saturated rings. The summed E-state index contributed by atoms with van der Waals surface area (Å²) < 4.78 is 13.5. The van der Waals surface area contributed by atoms with Gasteiger partial charge in [-0.1, -0.05) is 6.92 Å². The van der Waals surface area contributed by atoms with Gasteiger partial charge in [-0.25, -0.2) is 4.79 Å². The maximum atomic E-state index is 12.3. The zero-order chi connectivity index (χ0) is 18.8. The Morgan fingerprint density at radius 3 is 2.62 bits per heavy atom. The van der Waals surface area contributed by atoms with Gasteiger partial charge in [-0.15, -0.1) is 0 Å². The first-order valence-electron chi connectivity index (χ1n) is 9.20. The van der Waals surface area contributed by atoms with E-state index in [1.807, 2.05) is 24.5 Å². The number of aromatic nitrogens is 1. The number of ether oxygens (including phenoxy) is 2. The van der Waals surface area contributed by atoms with E-state index in [1.54, 1.807) is 0 Å². The summed E-state index contributed by atoms with van der Waals surface area (Å²) in [6, 6.07) is 1.61. The lowest BCUT2D eigenvalue weighted by atomic mass is 9.79. The van der Waals surface area contributed by atoms with E-state index in [1.165, 1.54) is 12.3 Å². The molecule has 6 heteroatoms. The Kier molecular flexibility index (Phi) is 5.20. The number of aromatic carboxylic acids is 1. The van der Waals surface area contributed by atoms with Crippen LogP contribution in [0.25, 0.3) is 5.57 Å². The number of carboxylic acids is 1. The second-order valence-electron chi connectivity index (χ2n) is 6.60. The maximum absolute atomic E-state index is 12.3. The van der Waals surface area contributed by atoms with Crippen LogP contribution in [-0.2, 0) is 9.47 Å². The first-order chi connectivity index (χ1) is 12.5. The van der Waals surface area contributed by atoms with E-state index in [0.717, 1.165) is 36.3 Å². The molecule has 0 spiro atoms. The van der Waals surface area contributed by atoms with Gasteiger partial charge in [0, 0.05) is 30.4 Å². The third kappa shape index (κ3) is 3.16. The van der Waals surface area contributed by atoms with Gasteiger partial charge >= 0.3 is 5.97 Å². The van der Waals surface area contributed by atoms with Crippen molar-refractivity contribution in [2.75, 3.05) is 13.2 Å². The number of hydrogen-bond acceptors (Lipinski definition) is 4. The fourth-order valence-corrected chi connectivity index (χ4v) is 3.90. The number of carboxylic acid groups (broad SMARTS) is 1. The number of rotatable bonds is 6. The predicted molar refractivity (Wildman–Crippen MR) is 98.0 cm³/mol. The molecule has 2 heterocycles. The SMILES string of the molecule is CCOC1=C(OCC)CC2C[C@H](CC)n3cc(C(=O)O)c(=O)cc3C2=C1. The van der Waals surface area contributed by atoms with Crippen molar-refractivity contribution >= 4 is 11.5 Å². The molecule has 0 radical (unpaired) electrons. The molecule has 1 aromatic heterocycles. The standard InChI is InChI=1S/C20H25NO5/c1-4-13-7-12-8-18(25-5-2)19(26-6-3)9-14(12)16-10-17(22)15(20(23)24)11-21(13)16/h9-13H,4-8H2,1-3H3,(H,23,24)/t12?,13-/m0/s1. The second kappa shape index (κ2) is 7.40. The Labute approximate surface area is 152 Å². The summed E-state index contributed by atoms with van der Waals surface area (Å²) in [6.45, 7) is 7.07. The third-order valence-corrected chi connectivity index (χ3v) is 5.08. The van der Waals surface area contributed by atoms with Gasteiger partial charge in [-0.3, -0.25) is 4.79 Å². The number of nitrogens with zero attached hydrogens (tertiary/aromatic N) is 1. The zero-order valence-electron chi connectivity index (χ0n) is 15.4. The van der Waals surface area contributed by atoms with Crippen LogP contribution in [0.3, 0.4) is 0 Å². The highest BCUT2D eigenvalue weighted by molar-refractivity contribution is 5.87. The molecule has 0 aromatic carbocycles. The minimum absolute atomic E-state index is 0.155. The van der Waals surface area contributed by atoms with Crippen molar-refractivity contribution < 1.29 is 19.4 Å². The third-order valence-electron chi connectivity index (χ3n) is 5.08. The average molecular weight is 359 g/mol. The van der Waals surface area contributed by atoms with E-state index < -0.39 is 11.4 Å². The van der Waals surface area contributed by atoms with Crippen LogP contribution in [0.1, 0.15) is 62.1 Å². The molecule has 1 N–H and O–H groups in total. The van der Waals surface area contributed by atoms with Gasteiger partial charge in [0.1, 0.15) is 11.3 Å². The summed E-state index contributed by atoms with van der Waals surface area (Å²) >= 11 is 0. The van der Waals surface area contributed by atoms with E-state index in [2.05, 4.69) is 6.92 Å². The molecular weight excluding hydrogens is 334 g/mol. The number of allylic oxidation sites excluding steroid dienone is 3. The van der Waals surface area contributed by atoms with Crippen LogP contribution >= 0.6 is 0 Å². The molecule has 0 bridgehead atoms. The first kappa shape index (κ1) is 18.3. The average Bonchev–Trinajstić information content (AvgIpc) is 2.61. The Hall–Kier alpha value is -2.50. The minimum atomic E-state index is -1.19. The normalized spacial score (nSPS) is 21.6. The number of pyridine rings is 1. The summed E-state index contributed by atoms with van der Waals surface area (Å²) in [6.07, 6.45) is 5.94. The largest absolute Gasteiger partial charge is 0.494 e. The van der Waals surface area contributed by atoms with Gasteiger partial charge in [0.25, 0.3) is 0 Å². The lowest BCUT2D eigenvalue weighted by molar-refractivity contribution is 0.0694. The van der Waals surface area contributed by atoms with Gasteiger partial charge in [0.2, 0.25) is 0 Å². The van der Waals surface area contributed by atoms with Crippen LogP contribution < -0.4 is 5.43 Å². The van der Waals surface area contributed by atoms with Crippen molar-refractivity contribution in [3.05, 3.63) is 51.3 Å². The highest BCUT2D eigenvalue weighted by atomic mass is 16.5. The number of hydrogen-bond donors (Lipinski definition) is 1. The van der Waals surface area contributed by atoms with Gasteiger partial charge in [-0.2, -0.15) is 0 Å². The van der Waals surface area contributed by atoms with Crippen LogP contribution in [0.15, 0.2) is 34.7 Å². The molecule has 0 saturated heterocycles. The molecule has 6 nitrogen and oxygen atoms in total. The van der Waals surface area contributed by atoms with Crippen molar-refractivity contribution in [2.45, 2.75) is 46.1 Å². The molecule has 3 rings (SSSR count). The highest BCUT2D eigenvalue weighted by Gasteiger charge is 2.35. The van der Waals surface area contributed by atoms with Gasteiger partial charge in [0.05, 0.1) is 13.2 Å². The lowest BCUT2D eigenvalue weighted by Gasteiger charge is -2.38. The first-order valence-corrected chi connectivity index (χ1v) is 9.20. The molecule has 1 unspecified atom stereocenters. The summed E-state index contributed by atoms with van der Waals surface area (Å²) in [5.74, 6) is 0.613. The molecule has 140 valence electrons. The minimum Gasteiger partial charge on any atom is -0.494 e. The van der Waals surface area contributed by atoms with Gasteiger partial charge < -0.3 is 19.1 Å². The Balaban J connectivity index is 2.16. The molecular formula is C20H25NO5. The Bertz CT molecular complexity index is 833. The summed E-state index contributed by atoms with van der Waals surface area (Å²) in [7, 11) is 0. The van der Waals surface area contributed by atoms with Crippen molar-refractivity contribution in [3.8, 4) is 0 Å². The molecule has 1 aliphatic heterocycles. The summed E-state index contributed by atoms with van der Waals surface area (Å²) in [5.41, 5.74) is 1.17. The van der Waals surface area contributed by atoms with Crippen LogP contribution in [0.5, 0.6) is 0 Å². The monoisotopic (exact) mass is 359 g/mol. The van der Waals surface area contributed by atoms with E-state index in [0.29, 0.717) is 19.0 Å². The molecule has 1 aromatic rings. The number of fused-ring (bicyclic) bond motifs is 3. The number of carbonyl (C=O) groups is 1. The van der Waals surface area contributed by atoms with Crippen LogP contribution in [0.4, 0.5) is 0 Å². The van der Waals surface area contributed by atoms with Crippen LogP contribution in [0, 0.1) is 5.92 Å². The maximum Gasteiger partial charge on any atom is 0.341 e. The smallest absolute Gasteiger partial charge is 0.341 e. The van der Waals surface area contributed by atoms with Crippen LogP contribution in [0.2, 0.25) is 0 Å². The van der Waals surface area contributed by atoms with E-state index in [9.17, 15) is 14.7 Å². The molecule has 0 amide bonds. The van der Waals surface area contributed by atoms with Crippen molar-refractivity contribution in [2.24, 2.45) is 5.92 Å². The van der Waals surface area contributed by atoms with Gasteiger partial charge in [-0.05, 0) is 44.3 Å². The highest BCUT2D eigenvalue weighted by Crippen LogP contribution is 2.45. The van der Waals surface area contributed by atoms with E-state index >= 15 is 0 Å². The lowest BCUT2D eigenvalue weighted by Crippen LogP contribution is -2.30. The van der Waals surface area contributed by atoms with Crippen molar-refractivity contribution in [3.63, 3.8) is 0 Å². The van der Waals surface area contributed by atoms with Crippen molar-refractivity contribution in [1.82, 2.24) is 4.57 Å². The predicted octanol–water partition coefficient (Wildman–Crippen LogP) is 3.59. The molecule has 2 aliphatic rings. The second-order valence-corrected chi connectivity index (χ2v) is 6.60. The fraction of sp³-hybridized carbons (Fsp3) is 0.500. The van der Waals surface area contributed by atoms with Crippen LogP contribution in [-0.4, -0.2) is 28.9 Å². The van der Waals surface area contributed by atoms with E-state index in [4.69, 9.17) is 9.47 Å². The van der Waals surface area contributed by atoms with Crippen molar-refractivity contribution in [1.29, 1.82) is 0 Å². The molecule has 1 aliphatic carbocycles. The quantitative estimate of drug-likeness (QED) is 0.840. The van der Waals surface area contributed by atoms with Gasteiger partial charge in [0.15, 0.2) is 11.2 Å². The Morgan fingerprint density at radius 1 is 1.27 bits per heavy atom. The Morgan fingerprint density at radius 2 is 2.00 bits per heavy atom. The molecule has 0 saturated carbocycles. The topological polar surface area (TPSA) is 77.8 Å². The zero-order valence-corrected chi connectivity index (χ0v) is 15.4. The summed E-state index contributed by atoms with van der Waals surface area (Å²) in [5, 5.41) is 9.29. The summed E-state index contributed by atoms with van der Waals surface area (Å²) in [4.78, 5) is 23.7. The van der Waals surface area contributed by atoms with E-state index in [-0.39, 0.29) is 17.5 Å². The fourth-order valence-electron chi connectivity index (χ4n) is 3.90. The molecule has 2 atom stereocenters.